The molecule has 0 radical (unpaired) electrons. The lowest BCUT2D eigenvalue weighted by Gasteiger charge is -2.35. The lowest BCUT2D eigenvalue weighted by atomic mass is 9.89. The number of ketones is 1. The van der Waals surface area contributed by atoms with E-state index in [1.54, 1.807) is 27.8 Å². The zero-order valence-corrected chi connectivity index (χ0v) is 26.2. The molecule has 1 saturated heterocycles. The molecule has 4 atom stereocenters. The summed E-state index contributed by atoms with van der Waals surface area (Å²) in [6, 6.07) is -2.94. The van der Waals surface area contributed by atoms with Crippen LogP contribution in [0.15, 0.2) is 0 Å². The average Bonchev–Trinajstić information content (AvgIpc) is 3.57. The predicted octanol–water partition coefficient (Wildman–Crippen LogP) is 1.83. The number of hydrogen-bond donors (Lipinski definition) is 4. The van der Waals surface area contributed by atoms with Gasteiger partial charge in [0.1, 0.15) is 12.1 Å². The third kappa shape index (κ3) is 9.26. The standard InChI is InChI=1S/C31H51N5O6/c1-18(2)16-23(36(6)29(41)24(19-10-7-8-11-19)35-30(42)31(3,4)5)27(39)34-22(17-20-12-9-15-32-26(20)38)25(37)28(40)33-21-13-14-21/h18-24H,7-17H2,1-6H3,(H,32,38)(H,33,40)(H,34,39)(H,35,42)/t20-,22-,23-,24+/m0/s1. The first-order valence-electron chi connectivity index (χ1n) is 15.7. The molecule has 0 aromatic carbocycles. The summed E-state index contributed by atoms with van der Waals surface area (Å²) in [6.07, 6.45) is 6.80. The molecule has 0 unspecified atom stereocenters. The first kappa shape index (κ1) is 33.5. The Balaban J connectivity index is 1.83. The molecule has 0 aromatic heterocycles. The first-order valence-corrected chi connectivity index (χ1v) is 15.7. The van der Waals surface area contributed by atoms with E-state index in [1.807, 2.05) is 13.8 Å². The van der Waals surface area contributed by atoms with Gasteiger partial charge in [-0.2, -0.15) is 0 Å². The Morgan fingerprint density at radius 2 is 1.60 bits per heavy atom. The summed E-state index contributed by atoms with van der Waals surface area (Å²) in [5.41, 5.74) is -0.690. The molecule has 3 rings (SSSR count). The van der Waals surface area contributed by atoms with Crippen LogP contribution in [-0.2, 0) is 28.8 Å². The van der Waals surface area contributed by atoms with Crippen LogP contribution in [0.2, 0.25) is 0 Å². The number of piperidine rings is 1. The van der Waals surface area contributed by atoms with Gasteiger partial charge in [0.2, 0.25) is 29.4 Å². The Morgan fingerprint density at radius 1 is 0.952 bits per heavy atom. The van der Waals surface area contributed by atoms with Gasteiger partial charge in [-0.05, 0) is 63.2 Å². The monoisotopic (exact) mass is 589 g/mol. The topological polar surface area (TPSA) is 154 Å². The van der Waals surface area contributed by atoms with Gasteiger partial charge in [0.05, 0.1) is 6.04 Å². The molecular weight excluding hydrogens is 538 g/mol. The summed E-state index contributed by atoms with van der Waals surface area (Å²) < 4.78 is 0. The van der Waals surface area contributed by atoms with Gasteiger partial charge in [-0.15, -0.1) is 0 Å². The molecule has 4 N–H and O–H groups in total. The maximum absolute atomic E-state index is 14.0. The van der Waals surface area contributed by atoms with Crippen molar-refractivity contribution in [2.24, 2.45) is 23.2 Å². The number of nitrogens with one attached hydrogen (secondary N) is 4. The number of likely N-dealkylation sites (N-methyl/N-ethyl adjacent to an activating group) is 1. The molecule has 0 bridgehead atoms. The van der Waals surface area contributed by atoms with Gasteiger partial charge in [-0.1, -0.05) is 47.5 Å². The molecule has 42 heavy (non-hydrogen) atoms. The second-order valence-corrected chi connectivity index (χ2v) is 13.9. The highest BCUT2D eigenvalue weighted by Gasteiger charge is 2.41. The van der Waals surface area contributed by atoms with Crippen molar-refractivity contribution in [1.82, 2.24) is 26.2 Å². The van der Waals surface area contributed by atoms with Crippen molar-refractivity contribution in [3.8, 4) is 0 Å². The van der Waals surface area contributed by atoms with Crippen molar-refractivity contribution in [3.05, 3.63) is 0 Å². The van der Waals surface area contributed by atoms with Crippen LogP contribution in [0.25, 0.3) is 0 Å². The Labute approximate surface area is 250 Å². The smallest absolute Gasteiger partial charge is 0.289 e. The molecule has 1 aliphatic heterocycles. The fourth-order valence-electron chi connectivity index (χ4n) is 5.78. The summed E-state index contributed by atoms with van der Waals surface area (Å²) >= 11 is 0. The van der Waals surface area contributed by atoms with E-state index in [1.165, 1.54) is 4.90 Å². The predicted molar refractivity (Wildman–Crippen MR) is 158 cm³/mol. The molecule has 0 spiro atoms. The minimum atomic E-state index is -1.20. The molecular formula is C31H51N5O6. The largest absolute Gasteiger partial charge is 0.356 e. The van der Waals surface area contributed by atoms with Crippen molar-refractivity contribution >= 4 is 35.3 Å². The number of carbonyl (C=O) groups is 6. The van der Waals surface area contributed by atoms with E-state index in [-0.39, 0.29) is 42.0 Å². The zero-order chi connectivity index (χ0) is 31.2. The van der Waals surface area contributed by atoms with Crippen LogP contribution in [0.3, 0.4) is 0 Å². The molecule has 0 aromatic rings. The molecule has 1 heterocycles. The normalized spacial score (nSPS) is 21.6. The van der Waals surface area contributed by atoms with Gasteiger partial charge in [0, 0.05) is 31.0 Å². The fourth-order valence-corrected chi connectivity index (χ4v) is 5.78. The summed E-state index contributed by atoms with van der Waals surface area (Å²) in [6.45, 7) is 9.81. The number of carbonyl (C=O) groups excluding carboxylic acids is 6. The number of amides is 5. The van der Waals surface area contributed by atoms with Gasteiger partial charge in [-0.25, -0.2) is 0 Å². The molecule has 2 saturated carbocycles. The SMILES string of the molecule is CC(C)C[C@@H](C(=O)N[C@@H](C[C@@H]1CCCNC1=O)C(=O)C(=O)NC1CC1)N(C)C(=O)[C@H](NC(=O)C(C)(C)C)C1CCCC1. The first-order chi connectivity index (χ1) is 19.7. The third-order valence-corrected chi connectivity index (χ3v) is 8.61. The number of rotatable bonds is 13. The highest BCUT2D eigenvalue weighted by Crippen LogP contribution is 2.30. The van der Waals surface area contributed by atoms with Gasteiger partial charge in [0.15, 0.2) is 0 Å². The lowest BCUT2D eigenvalue weighted by Crippen LogP contribution is -2.59. The quantitative estimate of drug-likeness (QED) is 0.241. The van der Waals surface area contributed by atoms with Crippen LogP contribution in [0.4, 0.5) is 0 Å². The summed E-state index contributed by atoms with van der Waals surface area (Å²) in [5, 5.41) is 11.2. The maximum atomic E-state index is 14.0. The van der Waals surface area contributed by atoms with Crippen molar-refractivity contribution in [1.29, 1.82) is 0 Å². The number of nitrogens with zero attached hydrogens (tertiary/aromatic N) is 1. The van der Waals surface area contributed by atoms with E-state index in [9.17, 15) is 28.8 Å². The van der Waals surface area contributed by atoms with Crippen molar-refractivity contribution < 1.29 is 28.8 Å². The Morgan fingerprint density at radius 3 is 2.14 bits per heavy atom. The molecule has 2 aliphatic carbocycles. The van der Waals surface area contributed by atoms with Crippen LogP contribution >= 0.6 is 0 Å². The van der Waals surface area contributed by atoms with E-state index < -0.39 is 47.1 Å². The molecule has 11 heteroatoms. The van der Waals surface area contributed by atoms with Crippen LogP contribution in [0.1, 0.15) is 98.8 Å². The highest BCUT2D eigenvalue weighted by molar-refractivity contribution is 6.38. The molecule has 3 fully saturated rings. The number of hydrogen-bond acceptors (Lipinski definition) is 6. The average molecular weight is 590 g/mol. The number of Topliss-reactive ketones (excluding diaryl/α,β-unsaturated/α-hetero) is 1. The van der Waals surface area contributed by atoms with Gasteiger partial charge in [0.25, 0.3) is 5.91 Å². The lowest BCUT2D eigenvalue weighted by molar-refractivity contribution is -0.146. The molecule has 236 valence electrons. The van der Waals surface area contributed by atoms with Crippen LogP contribution in [0, 0.1) is 23.2 Å². The molecule has 3 aliphatic rings. The van der Waals surface area contributed by atoms with Crippen LogP contribution in [0.5, 0.6) is 0 Å². The Kier molecular flexibility index (Phi) is 11.5. The van der Waals surface area contributed by atoms with E-state index in [4.69, 9.17) is 0 Å². The highest BCUT2D eigenvalue weighted by atomic mass is 16.2. The van der Waals surface area contributed by atoms with Crippen LogP contribution in [-0.4, -0.2) is 78.0 Å². The second-order valence-electron chi connectivity index (χ2n) is 13.9. The third-order valence-electron chi connectivity index (χ3n) is 8.61. The van der Waals surface area contributed by atoms with Crippen molar-refractivity contribution in [2.45, 2.75) is 123 Å². The van der Waals surface area contributed by atoms with Crippen molar-refractivity contribution in [2.75, 3.05) is 13.6 Å². The van der Waals surface area contributed by atoms with E-state index in [0.717, 1.165) is 44.9 Å². The molecule has 11 nitrogen and oxygen atoms in total. The van der Waals surface area contributed by atoms with E-state index in [2.05, 4.69) is 21.3 Å². The summed E-state index contributed by atoms with van der Waals surface area (Å²) in [4.78, 5) is 80.7. The summed E-state index contributed by atoms with van der Waals surface area (Å²) in [7, 11) is 1.56. The Bertz CT molecular complexity index is 1030. The van der Waals surface area contributed by atoms with Crippen molar-refractivity contribution in [3.63, 3.8) is 0 Å². The zero-order valence-electron chi connectivity index (χ0n) is 26.2. The van der Waals surface area contributed by atoms with Gasteiger partial charge in [-0.3, -0.25) is 28.8 Å². The minimum Gasteiger partial charge on any atom is -0.356 e. The van der Waals surface area contributed by atoms with Gasteiger partial charge < -0.3 is 26.2 Å². The van der Waals surface area contributed by atoms with E-state index >= 15 is 0 Å². The molecule has 5 amide bonds. The summed E-state index contributed by atoms with van der Waals surface area (Å²) in [5.74, 6) is -3.39. The van der Waals surface area contributed by atoms with Crippen LogP contribution < -0.4 is 21.3 Å². The second kappa shape index (κ2) is 14.5. The minimum absolute atomic E-state index is 0.00684. The maximum Gasteiger partial charge on any atom is 0.289 e. The fraction of sp³-hybridized carbons (Fsp3) is 0.806. The van der Waals surface area contributed by atoms with Gasteiger partial charge >= 0.3 is 0 Å². The Hall–Kier alpha value is -2.98. The van der Waals surface area contributed by atoms with E-state index in [0.29, 0.717) is 19.4 Å².